The fourth-order valence-electron chi connectivity index (χ4n) is 2.10. The molecule has 1 aliphatic rings. The Balaban J connectivity index is 1.87. The average Bonchev–Trinajstić information content (AvgIpc) is 2.33. The van der Waals surface area contributed by atoms with Crippen LogP contribution in [-0.4, -0.2) is 29.6 Å². The second-order valence-corrected chi connectivity index (χ2v) is 4.32. The van der Waals surface area contributed by atoms with Crippen LogP contribution in [0.4, 0.5) is 0 Å². The lowest BCUT2D eigenvalue weighted by molar-refractivity contribution is 0.252. The van der Waals surface area contributed by atoms with Crippen LogP contribution in [-0.2, 0) is 0 Å². The van der Waals surface area contributed by atoms with E-state index in [1.807, 2.05) is 24.3 Å². The minimum absolute atomic E-state index is 0.359. The van der Waals surface area contributed by atoms with Gasteiger partial charge in [0.05, 0.1) is 0 Å². The van der Waals surface area contributed by atoms with Crippen LogP contribution < -0.4 is 0 Å². The molecule has 0 saturated carbocycles. The Morgan fingerprint density at radius 2 is 1.88 bits per heavy atom. The van der Waals surface area contributed by atoms with Crippen LogP contribution in [0.2, 0.25) is 0 Å². The zero-order valence-corrected chi connectivity index (χ0v) is 9.60. The summed E-state index contributed by atoms with van der Waals surface area (Å²) in [5.41, 5.74) is 0.902. The number of phenols is 1. The van der Waals surface area contributed by atoms with Crippen molar-refractivity contribution >= 4 is 6.08 Å². The summed E-state index contributed by atoms with van der Waals surface area (Å²) in [6, 6.07) is 7.44. The van der Waals surface area contributed by atoms with Gasteiger partial charge in [-0.2, -0.15) is 0 Å². The Kier molecular flexibility index (Phi) is 4.00. The fraction of sp³-hybridized carbons (Fsp3) is 0.429. The molecule has 1 aromatic rings. The summed E-state index contributed by atoms with van der Waals surface area (Å²) in [6.07, 6.45) is 8.17. The lowest BCUT2D eigenvalue weighted by Gasteiger charge is -2.24. The third kappa shape index (κ3) is 3.11. The molecule has 0 amide bonds. The van der Waals surface area contributed by atoms with E-state index in [-0.39, 0.29) is 0 Å². The van der Waals surface area contributed by atoms with E-state index < -0.39 is 0 Å². The third-order valence-corrected chi connectivity index (χ3v) is 3.05. The Labute approximate surface area is 97.2 Å². The summed E-state index contributed by atoms with van der Waals surface area (Å²) in [5, 5.41) is 9.58. The van der Waals surface area contributed by atoms with Crippen molar-refractivity contribution in [1.29, 1.82) is 0 Å². The smallest absolute Gasteiger partial charge is 0.122 e. The maximum atomic E-state index is 9.58. The van der Waals surface area contributed by atoms with E-state index in [9.17, 15) is 5.11 Å². The van der Waals surface area contributed by atoms with E-state index in [1.54, 1.807) is 6.07 Å². The first-order valence-electron chi connectivity index (χ1n) is 6.03. The zero-order valence-electron chi connectivity index (χ0n) is 9.60. The molecule has 16 heavy (non-hydrogen) atoms. The highest BCUT2D eigenvalue weighted by Crippen LogP contribution is 2.17. The lowest BCUT2D eigenvalue weighted by Crippen LogP contribution is -2.29. The van der Waals surface area contributed by atoms with Crippen LogP contribution in [0.15, 0.2) is 30.3 Å². The van der Waals surface area contributed by atoms with Crippen LogP contribution in [0, 0.1) is 0 Å². The van der Waals surface area contributed by atoms with E-state index in [1.165, 1.54) is 32.4 Å². The summed E-state index contributed by atoms with van der Waals surface area (Å²) >= 11 is 0. The number of benzene rings is 1. The number of nitrogens with zero attached hydrogens (tertiary/aromatic N) is 1. The van der Waals surface area contributed by atoms with Gasteiger partial charge in [-0.3, -0.25) is 4.90 Å². The minimum atomic E-state index is 0.359. The Bertz CT molecular complexity index is 354. The maximum absolute atomic E-state index is 9.58. The molecule has 0 radical (unpaired) electrons. The van der Waals surface area contributed by atoms with Crippen LogP contribution in [0.5, 0.6) is 5.75 Å². The van der Waals surface area contributed by atoms with Gasteiger partial charge in [-0.1, -0.05) is 36.8 Å². The topological polar surface area (TPSA) is 23.5 Å². The number of para-hydroxylation sites is 1. The van der Waals surface area contributed by atoms with Gasteiger partial charge in [0.25, 0.3) is 0 Å². The fourth-order valence-corrected chi connectivity index (χ4v) is 2.10. The molecular weight excluding hydrogens is 198 g/mol. The quantitative estimate of drug-likeness (QED) is 0.841. The second kappa shape index (κ2) is 5.71. The van der Waals surface area contributed by atoms with Crippen molar-refractivity contribution in [3.8, 4) is 5.75 Å². The Morgan fingerprint density at radius 1 is 1.12 bits per heavy atom. The van der Waals surface area contributed by atoms with Crippen LogP contribution in [0.3, 0.4) is 0 Å². The summed E-state index contributed by atoms with van der Waals surface area (Å²) in [6.45, 7) is 3.42. The Morgan fingerprint density at radius 3 is 2.62 bits per heavy atom. The first kappa shape index (κ1) is 11.2. The summed E-state index contributed by atoms with van der Waals surface area (Å²) in [4.78, 5) is 2.46. The van der Waals surface area contributed by atoms with E-state index in [0.717, 1.165) is 12.1 Å². The number of aromatic hydroxyl groups is 1. The molecule has 1 N–H and O–H groups in total. The van der Waals surface area contributed by atoms with Crippen molar-refractivity contribution in [2.45, 2.75) is 19.3 Å². The summed E-state index contributed by atoms with van der Waals surface area (Å²) in [5.74, 6) is 0.359. The highest BCUT2D eigenvalue weighted by molar-refractivity contribution is 5.56. The second-order valence-electron chi connectivity index (χ2n) is 4.32. The minimum Gasteiger partial charge on any atom is -0.507 e. The van der Waals surface area contributed by atoms with Gasteiger partial charge in [-0.05, 0) is 32.0 Å². The molecule has 1 heterocycles. The maximum Gasteiger partial charge on any atom is 0.122 e. The standard InChI is InChI=1S/C14H19NO/c16-14-9-3-2-7-13(14)8-6-12-15-10-4-1-5-11-15/h2-3,6-9,16H,1,4-5,10-12H2/b8-6+. The third-order valence-electron chi connectivity index (χ3n) is 3.05. The summed E-state index contributed by atoms with van der Waals surface area (Å²) in [7, 11) is 0. The molecule has 2 heteroatoms. The van der Waals surface area contributed by atoms with E-state index in [4.69, 9.17) is 0 Å². The van der Waals surface area contributed by atoms with Gasteiger partial charge in [0.1, 0.15) is 5.75 Å². The molecule has 2 nitrogen and oxygen atoms in total. The number of piperidine rings is 1. The van der Waals surface area contributed by atoms with Crippen molar-refractivity contribution in [1.82, 2.24) is 4.90 Å². The molecule has 0 spiro atoms. The van der Waals surface area contributed by atoms with Crippen molar-refractivity contribution in [2.75, 3.05) is 19.6 Å². The molecule has 86 valence electrons. The van der Waals surface area contributed by atoms with Gasteiger partial charge < -0.3 is 5.11 Å². The zero-order chi connectivity index (χ0) is 11.2. The molecule has 0 aliphatic carbocycles. The monoisotopic (exact) mass is 217 g/mol. The molecule has 1 fully saturated rings. The van der Waals surface area contributed by atoms with Gasteiger partial charge >= 0.3 is 0 Å². The number of rotatable bonds is 3. The number of phenolic OH excluding ortho intramolecular Hbond substituents is 1. The van der Waals surface area contributed by atoms with E-state index >= 15 is 0 Å². The normalized spacial score (nSPS) is 18.0. The van der Waals surface area contributed by atoms with Crippen LogP contribution >= 0.6 is 0 Å². The van der Waals surface area contributed by atoms with Crippen molar-refractivity contribution in [3.63, 3.8) is 0 Å². The predicted molar refractivity (Wildman–Crippen MR) is 67.4 cm³/mol. The first-order valence-corrected chi connectivity index (χ1v) is 6.03. The van der Waals surface area contributed by atoms with Crippen molar-refractivity contribution in [2.24, 2.45) is 0 Å². The molecule has 0 aromatic heterocycles. The molecule has 0 bridgehead atoms. The SMILES string of the molecule is Oc1ccccc1/C=C/CN1CCCCC1. The summed E-state index contributed by atoms with van der Waals surface area (Å²) < 4.78 is 0. The van der Waals surface area contributed by atoms with Crippen LogP contribution in [0.1, 0.15) is 24.8 Å². The molecule has 1 aromatic carbocycles. The van der Waals surface area contributed by atoms with E-state index in [0.29, 0.717) is 5.75 Å². The number of likely N-dealkylation sites (tertiary alicyclic amines) is 1. The number of hydrogen-bond donors (Lipinski definition) is 1. The van der Waals surface area contributed by atoms with Gasteiger partial charge in [0.2, 0.25) is 0 Å². The van der Waals surface area contributed by atoms with Gasteiger partial charge in [-0.25, -0.2) is 0 Å². The van der Waals surface area contributed by atoms with Crippen molar-refractivity contribution < 1.29 is 5.11 Å². The Hall–Kier alpha value is -1.28. The molecule has 0 unspecified atom stereocenters. The highest BCUT2D eigenvalue weighted by Gasteiger charge is 2.07. The van der Waals surface area contributed by atoms with Crippen LogP contribution in [0.25, 0.3) is 6.08 Å². The van der Waals surface area contributed by atoms with Gasteiger partial charge in [0.15, 0.2) is 0 Å². The van der Waals surface area contributed by atoms with Gasteiger partial charge in [0, 0.05) is 12.1 Å². The first-order chi connectivity index (χ1) is 7.86. The average molecular weight is 217 g/mol. The van der Waals surface area contributed by atoms with E-state index in [2.05, 4.69) is 11.0 Å². The lowest BCUT2D eigenvalue weighted by atomic mass is 10.1. The molecule has 2 rings (SSSR count). The highest BCUT2D eigenvalue weighted by atomic mass is 16.3. The molecular formula is C14H19NO. The molecule has 1 saturated heterocycles. The number of hydrogen-bond acceptors (Lipinski definition) is 2. The van der Waals surface area contributed by atoms with Crippen molar-refractivity contribution in [3.05, 3.63) is 35.9 Å². The molecule has 0 atom stereocenters. The molecule has 1 aliphatic heterocycles. The van der Waals surface area contributed by atoms with Gasteiger partial charge in [-0.15, -0.1) is 0 Å². The predicted octanol–water partition coefficient (Wildman–Crippen LogP) is 2.89. The largest absolute Gasteiger partial charge is 0.507 e.